The molecule has 1 aromatic rings. The summed E-state index contributed by atoms with van der Waals surface area (Å²) in [7, 11) is 0. The molecule has 1 aliphatic heterocycles. The summed E-state index contributed by atoms with van der Waals surface area (Å²) in [5, 5.41) is 0. The number of morpholine rings is 1. The molecule has 16 heavy (non-hydrogen) atoms. The summed E-state index contributed by atoms with van der Waals surface area (Å²) in [5.74, 6) is 0.190. The lowest BCUT2D eigenvalue weighted by Gasteiger charge is -2.30. The van der Waals surface area contributed by atoms with Crippen molar-refractivity contribution in [2.24, 2.45) is 0 Å². The van der Waals surface area contributed by atoms with Gasteiger partial charge in [-0.15, -0.1) is 0 Å². The van der Waals surface area contributed by atoms with Gasteiger partial charge in [-0.25, -0.2) is 0 Å². The van der Waals surface area contributed by atoms with Crippen molar-refractivity contribution in [3.05, 3.63) is 35.9 Å². The highest BCUT2D eigenvalue weighted by Gasteiger charge is 2.19. The van der Waals surface area contributed by atoms with Gasteiger partial charge in [0.15, 0.2) is 5.78 Å². The number of Topliss-reactive ketones (excluding diaryl/α,β-unsaturated/α-hetero) is 1. The molecule has 1 aromatic carbocycles. The summed E-state index contributed by atoms with van der Waals surface area (Å²) in [4.78, 5) is 14.1. The third-order valence-corrected chi connectivity index (χ3v) is 2.79. The summed E-state index contributed by atoms with van der Waals surface area (Å²) in [5.41, 5.74) is 0.793. The number of ketones is 1. The lowest BCUT2D eigenvalue weighted by Crippen LogP contribution is -2.43. The van der Waals surface area contributed by atoms with E-state index in [0.29, 0.717) is 6.54 Å². The monoisotopic (exact) mass is 219 g/mol. The van der Waals surface area contributed by atoms with Crippen molar-refractivity contribution >= 4 is 5.78 Å². The van der Waals surface area contributed by atoms with Crippen LogP contribution in [-0.2, 0) is 4.74 Å². The second-order valence-electron chi connectivity index (χ2n) is 4.21. The normalized spacial score (nSPS) is 21.9. The second-order valence-corrected chi connectivity index (χ2v) is 4.21. The minimum absolute atomic E-state index is 0.190. The van der Waals surface area contributed by atoms with E-state index in [2.05, 4.69) is 4.90 Å². The molecule has 0 bridgehead atoms. The molecular weight excluding hydrogens is 202 g/mol. The van der Waals surface area contributed by atoms with E-state index in [-0.39, 0.29) is 11.9 Å². The molecule has 1 atom stereocenters. The molecule has 0 aliphatic carbocycles. The number of ether oxygens (including phenoxy) is 1. The third kappa shape index (κ3) is 2.90. The minimum atomic E-state index is 0.190. The quantitative estimate of drug-likeness (QED) is 0.723. The third-order valence-electron chi connectivity index (χ3n) is 2.79. The van der Waals surface area contributed by atoms with Crippen molar-refractivity contribution in [2.75, 3.05) is 26.2 Å². The van der Waals surface area contributed by atoms with Crippen LogP contribution in [0.5, 0.6) is 0 Å². The molecule has 0 aromatic heterocycles. The van der Waals surface area contributed by atoms with Crippen molar-refractivity contribution in [3.63, 3.8) is 0 Å². The molecule has 86 valence electrons. The first-order chi connectivity index (χ1) is 7.75. The maximum absolute atomic E-state index is 11.9. The molecule has 1 aliphatic rings. The van der Waals surface area contributed by atoms with E-state index in [9.17, 15) is 4.79 Å². The van der Waals surface area contributed by atoms with Crippen LogP contribution in [0.4, 0.5) is 0 Å². The summed E-state index contributed by atoms with van der Waals surface area (Å²) >= 11 is 0. The van der Waals surface area contributed by atoms with Crippen molar-refractivity contribution in [3.8, 4) is 0 Å². The van der Waals surface area contributed by atoms with Crippen LogP contribution in [0, 0.1) is 0 Å². The maximum Gasteiger partial charge on any atom is 0.176 e. The van der Waals surface area contributed by atoms with Gasteiger partial charge in [-0.3, -0.25) is 9.69 Å². The standard InChI is InChI=1S/C13H17NO2/c1-11-9-14(7-8-16-11)10-13(15)12-5-3-2-4-6-12/h2-6,11H,7-10H2,1H3. The summed E-state index contributed by atoms with van der Waals surface area (Å²) in [6, 6.07) is 9.45. The molecule has 2 rings (SSSR count). The molecule has 0 amide bonds. The zero-order chi connectivity index (χ0) is 11.4. The average molecular weight is 219 g/mol. The molecule has 1 heterocycles. The molecule has 0 radical (unpaired) electrons. The Kier molecular flexibility index (Phi) is 3.70. The second kappa shape index (κ2) is 5.23. The summed E-state index contributed by atoms with van der Waals surface area (Å²) < 4.78 is 5.44. The van der Waals surface area contributed by atoms with Gasteiger partial charge in [0.1, 0.15) is 0 Å². The van der Waals surface area contributed by atoms with Gasteiger partial charge < -0.3 is 4.74 Å². The van der Waals surface area contributed by atoms with Crippen LogP contribution in [0.1, 0.15) is 17.3 Å². The summed E-state index contributed by atoms with van der Waals surface area (Å²) in [6.07, 6.45) is 0.234. The van der Waals surface area contributed by atoms with Gasteiger partial charge in [0.25, 0.3) is 0 Å². The number of carbonyl (C=O) groups excluding carboxylic acids is 1. The minimum Gasteiger partial charge on any atom is -0.376 e. The van der Waals surface area contributed by atoms with Gasteiger partial charge in [-0.05, 0) is 6.92 Å². The highest BCUT2D eigenvalue weighted by Crippen LogP contribution is 2.07. The van der Waals surface area contributed by atoms with E-state index in [1.54, 1.807) is 0 Å². The zero-order valence-corrected chi connectivity index (χ0v) is 9.56. The van der Waals surface area contributed by atoms with Crippen LogP contribution in [0.25, 0.3) is 0 Å². The number of rotatable bonds is 3. The number of hydrogen-bond acceptors (Lipinski definition) is 3. The predicted octanol–water partition coefficient (Wildman–Crippen LogP) is 1.59. The van der Waals surface area contributed by atoms with Crippen LogP contribution < -0.4 is 0 Å². The van der Waals surface area contributed by atoms with Gasteiger partial charge in [0.2, 0.25) is 0 Å². The first-order valence-corrected chi connectivity index (χ1v) is 5.68. The topological polar surface area (TPSA) is 29.5 Å². The molecule has 0 N–H and O–H groups in total. The van der Waals surface area contributed by atoms with Crippen molar-refractivity contribution in [1.29, 1.82) is 0 Å². The van der Waals surface area contributed by atoms with Crippen molar-refractivity contribution < 1.29 is 9.53 Å². The van der Waals surface area contributed by atoms with Crippen LogP contribution >= 0.6 is 0 Å². The smallest absolute Gasteiger partial charge is 0.176 e. The van der Waals surface area contributed by atoms with Crippen LogP contribution in [0.15, 0.2) is 30.3 Å². The van der Waals surface area contributed by atoms with Crippen LogP contribution in [0.2, 0.25) is 0 Å². The van der Waals surface area contributed by atoms with E-state index in [0.717, 1.165) is 25.3 Å². The Labute approximate surface area is 96.0 Å². The highest BCUT2D eigenvalue weighted by molar-refractivity contribution is 5.97. The predicted molar refractivity (Wildman–Crippen MR) is 62.6 cm³/mol. The molecule has 3 heteroatoms. The SMILES string of the molecule is CC1CN(CC(=O)c2ccccc2)CCO1. The van der Waals surface area contributed by atoms with Crippen molar-refractivity contribution in [2.45, 2.75) is 13.0 Å². The van der Waals surface area contributed by atoms with Crippen LogP contribution in [0.3, 0.4) is 0 Å². The number of carbonyl (C=O) groups is 1. The van der Waals surface area contributed by atoms with Gasteiger partial charge in [0.05, 0.1) is 19.3 Å². The fourth-order valence-electron chi connectivity index (χ4n) is 1.95. The molecule has 1 unspecified atom stereocenters. The Bertz CT molecular complexity index is 350. The van der Waals surface area contributed by atoms with E-state index in [1.807, 2.05) is 37.3 Å². The van der Waals surface area contributed by atoms with Crippen LogP contribution in [-0.4, -0.2) is 43.0 Å². The Hall–Kier alpha value is -1.19. The first-order valence-electron chi connectivity index (χ1n) is 5.68. The van der Waals surface area contributed by atoms with Gasteiger partial charge in [-0.2, -0.15) is 0 Å². The first kappa shape index (κ1) is 11.3. The number of hydrogen-bond donors (Lipinski definition) is 0. The molecule has 3 nitrogen and oxygen atoms in total. The Morgan fingerprint density at radius 3 is 2.88 bits per heavy atom. The zero-order valence-electron chi connectivity index (χ0n) is 9.56. The van der Waals surface area contributed by atoms with E-state index in [1.165, 1.54) is 0 Å². The molecule has 0 spiro atoms. The molecule has 1 saturated heterocycles. The fourth-order valence-corrected chi connectivity index (χ4v) is 1.95. The maximum atomic E-state index is 11.9. The van der Waals surface area contributed by atoms with E-state index >= 15 is 0 Å². The van der Waals surface area contributed by atoms with Crippen molar-refractivity contribution in [1.82, 2.24) is 4.90 Å². The van der Waals surface area contributed by atoms with Gasteiger partial charge >= 0.3 is 0 Å². The van der Waals surface area contributed by atoms with Gasteiger partial charge in [-0.1, -0.05) is 30.3 Å². The lowest BCUT2D eigenvalue weighted by atomic mass is 10.1. The number of benzene rings is 1. The lowest BCUT2D eigenvalue weighted by molar-refractivity contribution is -0.0158. The number of nitrogens with zero attached hydrogens (tertiary/aromatic N) is 1. The average Bonchev–Trinajstić information content (AvgIpc) is 2.30. The van der Waals surface area contributed by atoms with E-state index in [4.69, 9.17) is 4.74 Å². The van der Waals surface area contributed by atoms with Gasteiger partial charge in [0, 0.05) is 18.7 Å². The fraction of sp³-hybridized carbons (Fsp3) is 0.462. The molecule has 0 saturated carbocycles. The van der Waals surface area contributed by atoms with E-state index < -0.39 is 0 Å². The largest absolute Gasteiger partial charge is 0.376 e. The Morgan fingerprint density at radius 2 is 2.19 bits per heavy atom. The highest BCUT2D eigenvalue weighted by atomic mass is 16.5. The molecular formula is C13H17NO2. The molecule has 1 fully saturated rings. The Balaban J connectivity index is 1.92. The Morgan fingerprint density at radius 1 is 1.44 bits per heavy atom. The summed E-state index contributed by atoms with van der Waals surface area (Å²) in [6.45, 7) is 4.96.